The fourth-order valence-electron chi connectivity index (χ4n) is 0.671. The number of hydrogen-bond acceptors (Lipinski definition) is 4. The summed E-state index contributed by atoms with van der Waals surface area (Å²) in [4.78, 5) is 10.3. The summed E-state index contributed by atoms with van der Waals surface area (Å²) in [5.41, 5.74) is 5.29. The van der Waals surface area contributed by atoms with E-state index >= 15 is 0 Å². The maximum Gasteiger partial charge on any atom is 0.320 e. The fourth-order valence-corrected chi connectivity index (χ4v) is 1.77. The molecule has 2 atom stereocenters. The first-order valence-corrected chi connectivity index (χ1v) is 5.47. The largest absolute Gasteiger partial charge is 0.480 e. The topological polar surface area (TPSA) is 83.5 Å². The van der Waals surface area contributed by atoms with Gasteiger partial charge in [0.1, 0.15) is 6.04 Å². The van der Waals surface area contributed by atoms with Crippen molar-refractivity contribution < 1.29 is 15.0 Å². The third kappa shape index (κ3) is 6.86. The van der Waals surface area contributed by atoms with E-state index < -0.39 is 12.0 Å². The van der Waals surface area contributed by atoms with Gasteiger partial charge < -0.3 is 15.9 Å². The maximum atomic E-state index is 10.3. The standard InChI is InChI=1S/C8H17NO3S/c1-2-6(10)5-13-4-3-7(9)8(11)12/h6-7,10H,2-5,9H2,1H3,(H,11,12). The minimum absolute atomic E-state index is 0.286. The Morgan fingerprint density at radius 2 is 2.23 bits per heavy atom. The number of rotatable bonds is 7. The molecule has 5 heteroatoms. The number of thioether (sulfide) groups is 1. The Labute approximate surface area is 82.5 Å². The van der Waals surface area contributed by atoms with Crippen LogP contribution in [0.1, 0.15) is 19.8 Å². The van der Waals surface area contributed by atoms with Gasteiger partial charge in [-0.25, -0.2) is 0 Å². The van der Waals surface area contributed by atoms with E-state index in [1.54, 1.807) is 0 Å². The number of carboxylic acid groups (broad SMARTS) is 1. The normalized spacial score (nSPS) is 15.3. The lowest BCUT2D eigenvalue weighted by molar-refractivity contribution is -0.138. The lowest BCUT2D eigenvalue weighted by Gasteiger charge is -2.08. The van der Waals surface area contributed by atoms with Crippen molar-refractivity contribution in [3.8, 4) is 0 Å². The van der Waals surface area contributed by atoms with E-state index in [0.717, 1.165) is 6.42 Å². The van der Waals surface area contributed by atoms with E-state index in [0.29, 0.717) is 17.9 Å². The van der Waals surface area contributed by atoms with E-state index in [9.17, 15) is 4.79 Å². The lowest BCUT2D eigenvalue weighted by Crippen LogP contribution is -2.30. The number of aliphatic carboxylic acids is 1. The van der Waals surface area contributed by atoms with Crippen molar-refractivity contribution in [2.45, 2.75) is 31.9 Å². The molecule has 4 nitrogen and oxygen atoms in total. The Morgan fingerprint density at radius 1 is 1.62 bits per heavy atom. The number of carboxylic acids is 1. The minimum atomic E-state index is -0.961. The molecule has 0 aromatic rings. The van der Waals surface area contributed by atoms with Crippen molar-refractivity contribution in [2.24, 2.45) is 5.73 Å². The summed E-state index contributed by atoms with van der Waals surface area (Å²) >= 11 is 1.54. The number of aliphatic hydroxyl groups excluding tert-OH is 1. The molecule has 0 aromatic carbocycles. The van der Waals surface area contributed by atoms with Gasteiger partial charge in [-0.3, -0.25) is 4.79 Å². The van der Waals surface area contributed by atoms with Gasteiger partial charge in [0.2, 0.25) is 0 Å². The molecule has 0 radical (unpaired) electrons. The van der Waals surface area contributed by atoms with Gasteiger partial charge >= 0.3 is 5.97 Å². The van der Waals surface area contributed by atoms with E-state index in [-0.39, 0.29) is 6.10 Å². The van der Waals surface area contributed by atoms with Crippen LogP contribution in [0, 0.1) is 0 Å². The zero-order valence-corrected chi connectivity index (χ0v) is 8.59. The molecular formula is C8H17NO3S. The number of hydrogen-bond donors (Lipinski definition) is 3. The molecule has 0 fully saturated rings. The lowest BCUT2D eigenvalue weighted by atomic mass is 10.2. The van der Waals surface area contributed by atoms with Gasteiger partial charge in [0.05, 0.1) is 6.10 Å². The smallest absolute Gasteiger partial charge is 0.320 e. The molecule has 0 aliphatic carbocycles. The highest BCUT2D eigenvalue weighted by molar-refractivity contribution is 7.99. The van der Waals surface area contributed by atoms with Crippen LogP contribution in [0.4, 0.5) is 0 Å². The Morgan fingerprint density at radius 3 is 2.69 bits per heavy atom. The third-order valence-electron chi connectivity index (χ3n) is 1.67. The molecule has 0 amide bonds. The Hall–Kier alpha value is -0.260. The monoisotopic (exact) mass is 207 g/mol. The van der Waals surface area contributed by atoms with Crippen LogP contribution in [-0.2, 0) is 4.79 Å². The van der Waals surface area contributed by atoms with Crippen molar-refractivity contribution in [1.82, 2.24) is 0 Å². The van der Waals surface area contributed by atoms with Crippen molar-refractivity contribution in [1.29, 1.82) is 0 Å². The molecule has 2 unspecified atom stereocenters. The van der Waals surface area contributed by atoms with E-state index in [1.807, 2.05) is 6.92 Å². The van der Waals surface area contributed by atoms with Gasteiger partial charge in [0.25, 0.3) is 0 Å². The van der Waals surface area contributed by atoms with Crippen molar-refractivity contribution in [2.75, 3.05) is 11.5 Å². The quantitative estimate of drug-likeness (QED) is 0.523. The first kappa shape index (κ1) is 12.7. The van der Waals surface area contributed by atoms with E-state index in [4.69, 9.17) is 15.9 Å². The number of carbonyl (C=O) groups is 1. The second kappa shape index (κ2) is 7.17. The fraction of sp³-hybridized carbons (Fsp3) is 0.875. The summed E-state index contributed by atoms with van der Waals surface area (Å²) < 4.78 is 0. The number of aliphatic hydroxyl groups is 1. The van der Waals surface area contributed by atoms with Crippen LogP contribution in [-0.4, -0.2) is 39.8 Å². The molecule has 0 aromatic heterocycles. The minimum Gasteiger partial charge on any atom is -0.480 e. The van der Waals surface area contributed by atoms with Crippen LogP contribution in [0.25, 0.3) is 0 Å². The molecule has 0 aliphatic rings. The van der Waals surface area contributed by atoms with Crippen LogP contribution >= 0.6 is 11.8 Å². The second-order valence-corrected chi connectivity index (χ2v) is 4.02. The van der Waals surface area contributed by atoms with Crippen LogP contribution < -0.4 is 5.73 Å². The van der Waals surface area contributed by atoms with Gasteiger partial charge in [0, 0.05) is 5.75 Å². The summed E-state index contributed by atoms with van der Waals surface area (Å²) in [6.07, 6.45) is 0.903. The average Bonchev–Trinajstić information content (AvgIpc) is 2.11. The number of nitrogens with two attached hydrogens (primary N) is 1. The van der Waals surface area contributed by atoms with Gasteiger partial charge in [-0.15, -0.1) is 0 Å². The molecule has 0 rings (SSSR count). The van der Waals surface area contributed by atoms with Gasteiger partial charge in [-0.1, -0.05) is 6.92 Å². The molecule has 0 saturated carbocycles. The van der Waals surface area contributed by atoms with Crippen LogP contribution in [0.5, 0.6) is 0 Å². The van der Waals surface area contributed by atoms with Crippen molar-refractivity contribution >= 4 is 17.7 Å². The molecule has 0 aliphatic heterocycles. The zero-order valence-electron chi connectivity index (χ0n) is 7.77. The molecule has 0 saturated heterocycles. The molecule has 4 N–H and O–H groups in total. The Bertz CT molecular complexity index is 154. The summed E-state index contributed by atoms with van der Waals surface area (Å²) in [5, 5.41) is 17.6. The first-order chi connectivity index (χ1) is 6.07. The van der Waals surface area contributed by atoms with Gasteiger partial charge in [-0.2, -0.15) is 11.8 Å². The second-order valence-electron chi connectivity index (χ2n) is 2.87. The predicted molar refractivity (Wildman–Crippen MR) is 53.9 cm³/mol. The first-order valence-electron chi connectivity index (χ1n) is 4.32. The van der Waals surface area contributed by atoms with Gasteiger partial charge in [-0.05, 0) is 18.6 Å². The van der Waals surface area contributed by atoms with E-state index in [1.165, 1.54) is 11.8 Å². The van der Waals surface area contributed by atoms with Crippen LogP contribution in [0.2, 0.25) is 0 Å². The van der Waals surface area contributed by atoms with Crippen molar-refractivity contribution in [3.05, 3.63) is 0 Å². The summed E-state index contributed by atoms with van der Waals surface area (Å²) in [6, 6.07) is -0.772. The molecule has 13 heavy (non-hydrogen) atoms. The third-order valence-corrected chi connectivity index (χ3v) is 2.82. The van der Waals surface area contributed by atoms with Gasteiger partial charge in [0.15, 0.2) is 0 Å². The highest BCUT2D eigenvalue weighted by Gasteiger charge is 2.10. The molecule has 0 spiro atoms. The highest BCUT2D eigenvalue weighted by atomic mass is 32.2. The summed E-state index contributed by atoms with van der Waals surface area (Å²) in [5.74, 6) is 0.379. The highest BCUT2D eigenvalue weighted by Crippen LogP contribution is 2.07. The zero-order chi connectivity index (χ0) is 10.3. The summed E-state index contributed by atoms with van der Waals surface area (Å²) in [7, 11) is 0. The predicted octanol–water partition coefficient (Wildman–Crippen LogP) is 0.292. The van der Waals surface area contributed by atoms with E-state index in [2.05, 4.69) is 0 Å². The summed E-state index contributed by atoms with van der Waals surface area (Å²) in [6.45, 7) is 1.91. The maximum absolute atomic E-state index is 10.3. The molecule has 0 heterocycles. The molecule has 0 bridgehead atoms. The van der Waals surface area contributed by atoms with Crippen LogP contribution in [0.3, 0.4) is 0 Å². The molecule has 78 valence electrons. The average molecular weight is 207 g/mol. The van der Waals surface area contributed by atoms with Crippen LogP contribution in [0.15, 0.2) is 0 Å². The Balaban J connectivity index is 3.30. The molecular weight excluding hydrogens is 190 g/mol. The van der Waals surface area contributed by atoms with Crippen molar-refractivity contribution in [3.63, 3.8) is 0 Å². The Kier molecular flexibility index (Phi) is 7.03. The SMILES string of the molecule is CCC(O)CSCCC(N)C(=O)O.